The third kappa shape index (κ3) is 4.60. The summed E-state index contributed by atoms with van der Waals surface area (Å²) in [5, 5.41) is 7.86. The van der Waals surface area contributed by atoms with Crippen molar-refractivity contribution in [1.82, 2.24) is 24.7 Å². The van der Waals surface area contributed by atoms with Gasteiger partial charge in [0.05, 0.1) is 12.1 Å². The van der Waals surface area contributed by atoms with Crippen molar-refractivity contribution >= 4 is 11.6 Å². The molecule has 0 aromatic carbocycles. The zero-order valence-corrected chi connectivity index (χ0v) is 16.9. The van der Waals surface area contributed by atoms with E-state index in [1.165, 1.54) is 6.42 Å². The van der Waals surface area contributed by atoms with Crippen molar-refractivity contribution in [3.05, 3.63) is 25.0 Å². The fourth-order valence-electron chi connectivity index (χ4n) is 4.42. The van der Waals surface area contributed by atoms with Crippen LogP contribution in [0.5, 0.6) is 0 Å². The molecule has 0 spiro atoms. The molecule has 0 unspecified atom stereocenters. The Balaban J connectivity index is 1.41. The number of ether oxygens (including phenoxy) is 1. The molecule has 2 aromatic rings. The molecule has 2 saturated heterocycles. The molecule has 4 rings (SSSR count). The Morgan fingerprint density at radius 1 is 1.21 bits per heavy atom. The first-order valence-electron chi connectivity index (χ1n) is 10.5. The van der Waals surface area contributed by atoms with Gasteiger partial charge in [-0.1, -0.05) is 13.8 Å². The molecule has 2 aliphatic rings. The van der Waals surface area contributed by atoms with Crippen molar-refractivity contribution in [3.63, 3.8) is 0 Å². The largest absolute Gasteiger partial charge is 0.376 e. The third-order valence-corrected chi connectivity index (χ3v) is 5.76. The Hall–Kier alpha value is -2.22. The highest BCUT2D eigenvalue weighted by atomic mass is 16.5. The summed E-state index contributed by atoms with van der Waals surface area (Å²) in [7, 11) is 0. The number of hydrogen-bond acceptors (Lipinski definition) is 7. The van der Waals surface area contributed by atoms with Gasteiger partial charge in [0.2, 0.25) is 0 Å². The van der Waals surface area contributed by atoms with Gasteiger partial charge in [-0.05, 0) is 37.5 Å². The van der Waals surface area contributed by atoms with Crippen molar-refractivity contribution in [2.24, 2.45) is 11.8 Å². The minimum absolute atomic E-state index is 0.231. The minimum Gasteiger partial charge on any atom is -0.376 e. The summed E-state index contributed by atoms with van der Waals surface area (Å²) < 4.78 is 7.93. The van der Waals surface area contributed by atoms with Crippen LogP contribution < -0.4 is 10.2 Å². The second-order valence-electron chi connectivity index (χ2n) is 8.31. The quantitative estimate of drug-likeness (QED) is 0.818. The van der Waals surface area contributed by atoms with Gasteiger partial charge in [-0.15, -0.1) is 0 Å². The standard InChI is InChI=1S/C20H31N7O/c1-15(2)20-17(6-4-8-28-20)25-18-9-19(23-13-22-18)26-7-3-5-16(10-26)11-27-14-21-12-24-27/h9,12-17,20H,3-8,10-11H2,1-2H3,(H,22,23,25)/t16-,17+,20+/m1/s1. The fourth-order valence-corrected chi connectivity index (χ4v) is 4.42. The molecule has 0 aliphatic carbocycles. The molecule has 28 heavy (non-hydrogen) atoms. The molecule has 0 saturated carbocycles. The molecule has 2 aromatic heterocycles. The van der Waals surface area contributed by atoms with Gasteiger partial charge in [-0.2, -0.15) is 5.10 Å². The van der Waals surface area contributed by atoms with E-state index in [4.69, 9.17) is 4.74 Å². The number of nitrogens with one attached hydrogen (secondary N) is 1. The molecule has 0 radical (unpaired) electrons. The molecule has 0 amide bonds. The smallest absolute Gasteiger partial charge is 0.137 e. The van der Waals surface area contributed by atoms with Gasteiger partial charge >= 0.3 is 0 Å². The van der Waals surface area contributed by atoms with Gasteiger partial charge in [-0.25, -0.2) is 15.0 Å². The minimum atomic E-state index is 0.231. The lowest BCUT2D eigenvalue weighted by molar-refractivity contribution is -0.0203. The van der Waals surface area contributed by atoms with Gasteiger partial charge < -0.3 is 15.0 Å². The Morgan fingerprint density at radius 2 is 2.14 bits per heavy atom. The molecule has 0 bridgehead atoms. The van der Waals surface area contributed by atoms with Crippen LogP contribution in [0.2, 0.25) is 0 Å². The van der Waals surface area contributed by atoms with Crippen LogP contribution in [-0.2, 0) is 11.3 Å². The van der Waals surface area contributed by atoms with Crippen molar-refractivity contribution in [2.75, 3.05) is 29.9 Å². The van der Waals surface area contributed by atoms with Crippen LogP contribution in [0.25, 0.3) is 0 Å². The summed E-state index contributed by atoms with van der Waals surface area (Å²) in [6.45, 7) is 8.22. The highest BCUT2D eigenvalue weighted by Crippen LogP contribution is 2.26. The molecule has 2 fully saturated rings. The monoisotopic (exact) mass is 385 g/mol. The van der Waals surface area contributed by atoms with Crippen molar-refractivity contribution in [2.45, 2.75) is 58.2 Å². The second-order valence-corrected chi connectivity index (χ2v) is 8.31. The van der Waals surface area contributed by atoms with E-state index in [1.54, 1.807) is 19.0 Å². The summed E-state index contributed by atoms with van der Waals surface area (Å²) in [5.41, 5.74) is 0. The van der Waals surface area contributed by atoms with E-state index in [2.05, 4.69) is 50.2 Å². The first kappa shape index (κ1) is 19.1. The number of piperidine rings is 1. The number of nitrogens with zero attached hydrogens (tertiary/aromatic N) is 6. The van der Waals surface area contributed by atoms with Gasteiger partial charge in [0.1, 0.15) is 30.6 Å². The average molecular weight is 386 g/mol. The van der Waals surface area contributed by atoms with Gasteiger partial charge in [-0.3, -0.25) is 4.68 Å². The predicted octanol–water partition coefficient (Wildman–Crippen LogP) is 2.60. The first-order valence-corrected chi connectivity index (χ1v) is 10.5. The molecular weight excluding hydrogens is 354 g/mol. The molecule has 8 nitrogen and oxygen atoms in total. The Bertz CT molecular complexity index is 736. The van der Waals surface area contributed by atoms with E-state index in [0.29, 0.717) is 17.9 Å². The summed E-state index contributed by atoms with van der Waals surface area (Å²) in [6.07, 6.45) is 9.88. The van der Waals surface area contributed by atoms with Crippen LogP contribution in [0.15, 0.2) is 25.0 Å². The lowest BCUT2D eigenvalue weighted by atomic mass is 9.93. The fraction of sp³-hybridized carbons (Fsp3) is 0.700. The van der Waals surface area contributed by atoms with E-state index >= 15 is 0 Å². The zero-order chi connectivity index (χ0) is 19.3. The average Bonchev–Trinajstić information content (AvgIpc) is 3.22. The van der Waals surface area contributed by atoms with Crippen molar-refractivity contribution in [3.8, 4) is 0 Å². The predicted molar refractivity (Wildman–Crippen MR) is 108 cm³/mol. The molecular formula is C20H31N7O. The molecule has 2 aliphatic heterocycles. The van der Waals surface area contributed by atoms with Gasteiger partial charge in [0, 0.05) is 32.3 Å². The van der Waals surface area contributed by atoms with Crippen LogP contribution in [0.4, 0.5) is 11.6 Å². The summed E-state index contributed by atoms with van der Waals surface area (Å²) >= 11 is 0. The Labute approximate surface area is 166 Å². The third-order valence-electron chi connectivity index (χ3n) is 5.76. The maximum Gasteiger partial charge on any atom is 0.137 e. The van der Waals surface area contributed by atoms with E-state index in [-0.39, 0.29) is 6.10 Å². The Kier molecular flexibility index (Phi) is 6.04. The first-order chi connectivity index (χ1) is 13.7. The van der Waals surface area contributed by atoms with Crippen LogP contribution >= 0.6 is 0 Å². The van der Waals surface area contributed by atoms with Crippen LogP contribution in [0.1, 0.15) is 39.5 Å². The lowest BCUT2D eigenvalue weighted by Gasteiger charge is -2.36. The van der Waals surface area contributed by atoms with Crippen LogP contribution in [-0.4, -0.2) is 56.6 Å². The normalized spacial score (nSPS) is 25.8. The molecule has 8 heteroatoms. The second kappa shape index (κ2) is 8.86. The SMILES string of the molecule is CC(C)[C@@H]1OCCC[C@@H]1Nc1cc(N2CCC[C@@H](Cn3cncn3)C2)ncn1. The highest BCUT2D eigenvalue weighted by Gasteiger charge is 2.29. The van der Waals surface area contributed by atoms with Crippen molar-refractivity contribution in [1.29, 1.82) is 0 Å². The molecule has 152 valence electrons. The van der Waals surface area contributed by atoms with Crippen LogP contribution in [0.3, 0.4) is 0 Å². The maximum absolute atomic E-state index is 6.01. The van der Waals surface area contributed by atoms with E-state index in [9.17, 15) is 0 Å². The van der Waals surface area contributed by atoms with E-state index in [0.717, 1.165) is 57.1 Å². The Morgan fingerprint density at radius 3 is 2.96 bits per heavy atom. The zero-order valence-electron chi connectivity index (χ0n) is 16.9. The van der Waals surface area contributed by atoms with Crippen molar-refractivity contribution < 1.29 is 4.74 Å². The molecule has 4 heterocycles. The summed E-state index contributed by atoms with van der Waals surface area (Å²) in [5.74, 6) is 2.93. The van der Waals surface area contributed by atoms with Gasteiger partial charge in [0.25, 0.3) is 0 Å². The number of hydrogen-bond donors (Lipinski definition) is 1. The lowest BCUT2D eigenvalue weighted by Crippen LogP contribution is -2.43. The maximum atomic E-state index is 6.01. The molecule has 1 N–H and O–H groups in total. The highest BCUT2D eigenvalue weighted by molar-refractivity contribution is 5.49. The number of rotatable bonds is 6. The van der Waals surface area contributed by atoms with Crippen LogP contribution in [0, 0.1) is 11.8 Å². The van der Waals surface area contributed by atoms with E-state index < -0.39 is 0 Å². The number of anilines is 2. The molecule has 3 atom stereocenters. The summed E-state index contributed by atoms with van der Waals surface area (Å²) in [4.78, 5) is 15.4. The number of aromatic nitrogens is 5. The topological polar surface area (TPSA) is 81.0 Å². The van der Waals surface area contributed by atoms with E-state index in [1.807, 2.05) is 4.68 Å². The summed E-state index contributed by atoms with van der Waals surface area (Å²) in [6, 6.07) is 2.39. The van der Waals surface area contributed by atoms with Gasteiger partial charge in [0.15, 0.2) is 0 Å².